The van der Waals surface area contributed by atoms with E-state index in [9.17, 15) is 4.79 Å². The van der Waals surface area contributed by atoms with Crippen LogP contribution in [0.2, 0.25) is 0 Å². The molecule has 0 spiro atoms. The zero-order chi connectivity index (χ0) is 13.3. The number of anilines is 1. The van der Waals surface area contributed by atoms with E-state index < -0.39 is 0 Å². The topological polar surface area (TPSA) is 46.9 Å². The normalized spacial score (nSPS) is 17.6. The van der Waals surface area contributed by atoms with Crippen molar-refractivity contribution in [2.75, 3.05) is 5.32 Å². The van der Waals surface area contributed by atoms with Gasteiger partial charge in [-0.2, -0.15) is 5.10 Å². The van der Waals surface area contributed by atoms with Crippen LogP contribution in [0.5, 0.6) is 0 Å². The van der Waals surface area contributed by atoms with Crippen molar-refractivity contribution in [1.82, 2.24) is 9.78 Å². The van der Waals surface area contributed by atoms with Gasteiger partial charge in [0.2, 0.25) is 0 Å². The van der Waals surface area contributed by atoms with E-state index in [-0.39, 0.29) is 11.1 Å². The van der Waals surface area contributed by atoms with Crippen LogP contribution in [0.3, 0.4) is 0 Å². The van der Waals surface area contributed by atoms with Crippen LogP contribution in [0.4, 0.5) is 5.69 Å². The molecule has 1 aliphatic rings. The first-order valence-electron chi connectivity index (χ1n) is 6.45. The Morgan fingerprint density at radius 1 is 1.56 bits per heavy atom. The molecule has 0 amide bonds. The highest BCUT2D eigenvalue weighted by atomic mass is 79.9. The van der Waals surface area contributed by atoms with Crippen LogP contribution in [0.25, 0.3) is 0 Å². The molecule has 0 saturated heterocycles. The van der Waals surface area contributed by atoms with Gasteiger partial charge in [-0.05, 0) is 48.0 Å². The van der Waals surface area contributed by atoms with Gasteiger partial charge in [0.25, 0.3) is 5.56 Å². The molecule has 18 heavy (non-hydrogen) atoms. The maximum absolute atomic E-state index is 12.1. The summed E-state index contributed by atoms with van der Waals surface area (Å²) in [6, 6.07) is 0. The van der Waals surface area contributed by atoms with Gasteiger partial charge in [0.1, 0.15) is 4.47 Å². The third kappa shape index (κ3) is 2.76. The van der Waals surface area contributed by atoms with Crippen molar-refractivity contribution in [3.63, 3.8) is 0 Å². The molecule has 5 heteroatoms. The van der Waals surface area contributed by atoms with Crippen molar-refractivity contribution in [2.45, 2.75) is 52.1 Å². The molecule has 1 fully saturated rings. The molecule has 0 atom stereocenters. The van der Waals surface area contributed by atoms with Crippen molar-refractivity contribution >= 4 is 21.6 Å². The minimum absolute atomic E-state index is 0.0587. The highest BCUT2D eigenvalue weighted by molar-refractivity contribution is 9.10. The first-order valence-corrected chi connectivity index (χ1v) is 7.24. The fraction of sp³-hybridized carbons (Fsp3) is 0.692. The number of rotatable bonds is 4. The second-order valence-electron chi connectivity index (χ2n) is 5.79. The second kappa shape index (κ2) is 5.03. The quantitative estimate of drug-likeness (QED) is 0.929. The van der Waals surface area contributed by atoms with Crippen molar-refractivity contribution in [1.29, 1.82) is 0 Å². The Hall–Kier alpha value is -0.840. The molecular weight excluding hydrogens is 294 g/mol. The Kier molecular flexibility index (Phi) is 3.80. The van der Waals surface area contributed by atoms with Crippen molar-refractivity contribution < 1.29 is 0 Å². The second-order valence-corrected chi connectivity index (χ2v) is 6.59. The first-order chi connectivity index (χ1) is 8.41. The van der Waals surface area contributed by atoms with E-state index in [0.29, 0.717) is 16.9 Å². The molecule has 0 radical (unpaired) electrons. The minimum atomic E-state index is -0.0587. The monoisotopic (exact) mass is 313 g/mol. The molecule has 0 aromatic carbocycles. The summed E-state index contributed by atoms with van der Waals surface area (Å²) < 4.78 is 2.11. The van der Waals surface area contributed by atoms with E-state index in [2.05, 4.69) is 47.1 Å². The molecule has 0 bridgehead atoms. The lowest BCUT2D eigenvalue weighted by atomic mass is 9.78. The summed E-state index contributed by atoms with van der Waals surface area (Å²) in [5.41, 5.74) is 0.875. The fourth-order valence-electron chi connectivity index (χ4n) is 2.19. The number of halogens is 1. The summed E-state index contributed by atoms with van der Waals surface area (Å²) in [6.45, 7) is 6.98. The summed E-state index contributed by atoms with van der Waals surface area (Å²) in [7, 11) is 0. The Morgan fingerprint density at radius 3 is 2.72 bits per heavy atom. The zero-order valence-corrected chi connectivity index (χ0v) is 12.7. The number of nitrogens with zero attached hydrogens (tertiary/aromatic N) is 2. The summed E-state index contributed by atoms with van der Waals surface area (Å²) in [4.78, 5) is 12.1. The Labute approximate surface area is 116 Å². The lowest BCUT2D eigenvalue weighted by Gasteiger charge is -2.40. The average molecular weight is 314 g/mol. The van der Waals surface area contributed by atoms with Crippen LogP contribution in [-0.4, -0.2) is 15.3 Å². The van der Waals surface area contributed by atoms with Gasteiger partial charge < -0.3 is 5.32 Å². The van der Waals surface area contributed by atoms with Gasteiger partial charge >= 0.3 is 0 Å². The molecule has 0 aliphatic heterocycles. The maximum atomic E-state index is 12.1. The highest BCUT2D eigenvalue weighted by Crippen LogP contribution is 2.35. The van der Waals surface area contributed by atoms with Gasteiger partial charge in [0.05, 0.1) is 11.9 Å². The standard InChI is InChI=1S/C13H20BrN3O/c1-9(2)8-17-12(18)11(14)10(7-15-17)16-13(3)5-4-6-13/h7,9,16H,4-6,8H2,1-3H3. The van der Waals surface area contributed by atoms with Gasteiger partial charge in [0, 0.05) is 12.1 Å². The Morgan fingerprint density at radius 2 is 2.22 bits per heavy atom. The van der Waals surface area contributed by atoms with Crippen molar-refractivity contribution in [2.24, 2.45) is 5.92 Å². The van der Waals surface area contributed by atoms with E-state index in [0.717, 1.165) is 18.5 Å². The van der Waals surface area contributed by atoms with Crippen LogP contribution < -0.4 is 10.9 Å². The first kappa shape index (κ1) is 13.6. The lowest BCUT2D eigenvalue weighted by Crippen LogP contribution is -2.42. The van der Waals surface area contributed by atoms with Gasteiger partial charge in [-0.15, -0.1) is 0 Å². The van der Waals surface area contributed by atoms with Crippen LogP contribution in [0.15, 0.2) is 15.5 Å². The number of hydrogen-bond acceptors (Lipinski definition) is 3. The van der Waals surface area contributed by atoms with E-state index in [4.69, 9.17) is 0 Å². The van der Waals surface area contributed by atoms with Gasteiger partial charge in [-0.25, -0.2) is 4.68 Å². The predicted octanol–water partition coefficient (Wildman–Crippen LogP) is 3.02. The molecule has 100 valence electrons. The smallest absolute Gasteiger partial charge is 0.283 e. The molecule has 1 aliphatic carbocycles. The lowest BCUT2D eigenvalue weighted by molar-refractivity contribution is 0.306. The van der Waals surface area contributed by atoms with Crippen LogP contribution in [-0.2, 0) is 6.54 Å². The molecule has 1 heterocycles. The summed E-state index contributed by atoms with van der Waals surface area (Å²) in [5, 5.41) is 7.66. The number of hydrogen-bond donors (Lipinski definition) is 1. The Bertz CT molecular complexity index is 491. The van der Waals surface area contributed by atoms with E-state index in [1.807, 2.05) is 0 Å². The maximum Gasteiger partial charge on any atom is 0.283 e. The largest absolute Gasteiger partial charge is 0.378 e. The molecule has 1 aromatic heterocycles. The SMILES string of the molecule is CC(C)Cn1ncc(NC2(C)CCC2)c(Br)c1=O. The van der Waals surface area contributed by atoms with Crippen molar-refractivity contribution in [3.8, 4) is 0 Å². The van der Waals surface area contributed by atoms with Gasteiger partial charge in [0.15, 0.2) is 0 Å². The molecular formula is C13H20BrN3O. The average Bonchev–Trinajstić information content (AvgIpc) is 2.26. The summed E-state index contributed by atoms with van der Waals surface area (Å²) >= 11 is 3.39. The molecule has 2 rings (SSSR count). The summed E-state index contributed by atoms with van der Waals surface area (Å²) in [5.74, 6) is 0.407. The fourth-order valence-corrected chi connectivity index (χ4v) is 2.59. The van der Waals surface area contributed by atoms with Crippen LogP contribution in [0.1, 0.15) is 40.0 Å². The third-order valence-corrected chi connectivity index (χ3v) is 4.18. The van der Waals surface area contributed by atoms with Crippen LogP contribution >= 0.6 is 15.9 Å². The van der Waals surface area contributed by atoms with Crippen molar-refractivity contribution in [3.05, 3.63) is 21.0 Å². The minimum Gasteiger partial charge on any atom is -0.378 e. The van der Waals surface area contributed by atoms with E-state index in [1.54, 1.807) is 6.20 Å². The molecule has 4 nitrogen and oxygen atoms in total. The molecule has 0 unspecified atom stereocenters. The third-order valence-electron chi connectivity index (χ3n) is 3.42. The van der Waals surface area contributed by atoms with Crippen LogP contribution in [0, 0.1) is 5.92 Å². The Balaban J connectivity index is 2.23. The zero-order valence-electron chi connectivity index (χ0n) is 11.2. The van der Waals surface area contributed by atoms with Gasteiger partial charge in [-0.1, -0.05) is 13.8 Å². The van der Waals surface area contributed by atoms with E-state index >= 15 is 0 Å². The van der Waals surface area contributed by atoms with Gasteiger partial charge in [-0.3, -0.25) is 4.79 Å². The summed E-state index contributed by atoms with van der Waals surface area (Å²) in [6.07, 6.45) is 5.29. The highest BCUT2D eigenvalue weighted by Gasteiger charge is 2.32. The predicted molar refractivity (Wildman–Crippen MR) is 76.9 cm³/mol. The number of aromatic nitrogens is 2. The molecule has 1 aromatic rings. The molecule has 1 N–H and O–H groups in total. The van der Waals surface area contributed by atoms with E-state index in [1.165, 1.54) is 11.1 Å². The number of nitrogens with one attached hydrogen (secondary N) is 1. The molecule has 1 saturated carbocycles.